The third kappa shape index (κ3) is 6.85. The Morgan fingerprint density at radius 2 is 1.76 bits per heavy atom. The Hall–Kier alpha value is -3.01. The van der Waals surface area contributed by atoms with Crippen molar-refractivity contribution in [3.63, 3.8) is 0 Å². The second-order valence-corrected chi connectivity index (χ2v) is 16.7. The molecule has 0 aliphatic heterocycles. The van der Waals surface area contributed by atoms with Crippen molar-refractivity contribution in [2.45, 2.75) is 64.6 Å². The Balaban J connectivity index is 1.70. The topological polar surface area (TPSA) is 78.8 Å². The van der Waals surface area contributed by atoms with E-state index in [0.717, 1.165) is 34.4 Å². The van der Waals surface area contributed by atoms with E-state index in [0.29, 0.717) is 36.0 Å². The Morgan fingerprint density at radius 3 is 2.38 bits per heavy atom. The minimum absolute atomic E-state index is 0.228. The lowest BCUT2D eigenvalue weighted by Crippen LogP contribution is -2.22. The van der Waals surface area contributed by atoms with Crippen LogP contribution in [0.1, 0.15) is 42.8 Å². The second-order valence-electron chi connectivity index (χ2n) is 11.0. The Bertz CT molecular complexity index is 1350. The molecule has 1 atom stereocenters. The molecule has 0 radical (unpaired) electrons. The van der Waals surface area contributed by atoms with Gasteiger partial charge in [0, 0.05) is 43.8 Å². The molecule has 2 N–H and O–H groups in total. The van der Waals surface area contributed by atoms with Gasteiger partial charge in [-0.1, -0.05) is 39.6 Å². The molecule has 0 bridgehead atoms. The van der Waals surface area contributed by atoms with Crippen molar-refractivity contribution in [2.75, 3.05) is 6.61 Å². The molecular formula is C28H35F2N5OSi. The molecule has 1 unspecified atom stereocenters. The van der Waals surface area contributed by atoms with Crippen molar-refractivity contribution in [2.24, 2.45) is 5.73 Å². The number of hydrogen-bond acceptors (Lipinski definition) is 5. The van der Waals surface area contributed by atoms with Gasteiger partial charge in [0.2, 0.25) is 0 Å². The fraction of sp³-hybridized carbons (Fsp3) is 0.393. The van der Waals surface area contributed by atoms with Crippen molar-refractivity contribution in [3.05, 3.63) is 77.4 Å². The number of halogens is 2. The Morgan fingerprint density at radius 1 is 1.03 bits per heavy atom. The predicted octanol–water partition coefficient (Wildman–Crippen LogP) is 6.45. The van der Waals surface area contributed by atoms with E-state index in [1.165, 1.54) is 12.1 Å². The number of pyridine rings is 2. The summed E-state index contributed by atoms with van der Waals surface area (Å²) in [6.07, 6.45) is 3.74. The van der Waals surface area contributed by atoms with Gasteiger partial charge >= 0.3 is 0 Å². The number of hydrogen-bond donors (Lipinski definition) is 1. The van der Waals surface area contributed by atoms with Crippen LogP contribution in [-0.4, -0.2) is 34.4 Å². The van der Waals surface area contributed by atoms with E-state index in [1.807, 2.05) is 24.4 Å². The number of benzene rings is 1. The molecule has 0 saturated carbocycles. The highest BCUT2D eigenvalue weighted by Crippen LogP contribution is 2.31. The van der Waals surface area contributed by atoms with Gasteiger partial charge in [-0.15, -0.1) is 0 Å². The molecule has 3 heterocycles. The van der Waals surface area contributed by atoms with E-state index in [-0.39, 0.29) is 6.42 Å². The summed E-state index contributed by atoms with van der Waals surface area (Å²) in [6, 6.07) is 9.95. The van der Waals surface area contributed by atoms with Crippen LogP contribution in [0.4, 0.5) is 8.78 Å². The third-order valence-electron chi connectivity index (χ3n) is 6.29. The van der Waals surface area contributed by atoms with Gasteiger partial charge in [-0.3, -0.25) is 4.98 Å². The van der Waals surface area contributed by atoms with Crippen LogP contribution in [0.2, 0.25) is 25.7 Å². The van der Waals surface area contributed by atoms with Gasteiger partial charge in [0.1, 0.15) is 23.9 Å². The lowest BCUT2D eigenvalue weighted by Gasteiger charge is -2.18. The minimum atomic E-state index is -1.19. The molecule has 3 aromatic heterocycles. The quantitative estimate of drug-likeness (QED) is 0.191. The average molecular weight is 524 g/mol. The smallest absolute Gasteiger partial charge is 0.140 e. The molecule has 0 aliphatic carbocycles. The van der Waals surface area contributed by atoms with Crippen molar-refractivity contribution in [3.8, 4) is 11.1 Å². The normalized spacial score (nSPS) is 13.0. The van der Waals surface area contributed by atoms with E-state index in [2.05, 4.69) is 43.6 Å². The molecule has 0 fully saturated rings. The Labute approximate surface area is 217 Å². The van der Waals surface area contributed by atoms with E-state index in [9.17, 15) is 8.78 Å². The van der Waals surface area contributed by atoms with Crippen LogP contribution in [0.5, 0.6) is 0 Å². The first-order valence-corrected chi connectivity index (χ1v) is 16.3. The first-order valence-electron chi connectivity index (χ1n) is 12.6. The van der Waals surface area contributed by atoms with Crippen LogP contribution in [0, 0.1) is 11.6 Å². The lowest BCUT2D eigenvalue weighted by molar-refractivity contribution is 0.0817. The molecule has 0 spiro atoms. The van der Waals surface area contributed by atoms with Gasteiger partial charge in [-0.05, 0) is 48.2 Å². The summed E-state index contributed by atoms with van der Waals surface area (Å²) < 4.78 is 35.3. The number of aromatic nitrogens is 4. The maximum atomic E-state index is 13.8. The summed E-state index contributed by atoms with van der Waals surface area (Å²) in [6.45, 7) is 12.1. The largest absolute Gasteiger partial charge is 0.360 e. The maximum absolute atomic E-state index is 13.8. The zero-order chi connectivity index (χ0) is 26.7. The molecule has 37 heavy (non-hydrogen) atoms. The van der Waals surface area contributed by atoms with E-state index in [1.54, 1.807) is 10.9 Å². The van der Waals surface area contributed by atoms with Crippen LogP contribution in [-0.2, 0) is 17.9 Å². The fourth-order valence-electron chi connectivity index (χ4n) is 4.15. The lowest BCUT2D eigenvalue weighted by atomic mass is 9.96. The summed E-state index contributed by atoms with van der Waals surface area (Å²) in [5.74, 6) is -0.960. The minimum Gasteiger partial charge on any atom is -0.360 e. The van der Waals surface area contributed by atoms with Gasteiger partial charge in [-0.25, -0.2) is 18.4 Å². The van der Waals surface area contributed by atoms with Gasteiger partial charge < -0.3 is 10.5 Å². The first-order chi connectivity index (χ1) is 17.5. The number of nitrogens with zero attached hydrogens (tertiary/aromatic N) is 4. The monoisotopic (exact) mass is 523 g/mol. The summed E-state index contributed by atoms with van der Waals surface area (Å²) in [7, 11) is -1.19. The van der Waals surface area contributed by atoms with E-state index in [4.69, 9.17) is 15.5 Å². The van der Waals surface area contributed by atoms with Crippen LogP contribution in [0.15, 0.2) is 48.8 Å². The summed E-state index contributed by atoms with van der Waals surface area (Å²) in [5.41, 5.74) is 11.9. The zero-order valence-corrected chi connectivity index (χ0v) is 23.1. The molecule has 4 rings (SSSR count). The third-order valence-corrected chi connectivity index (χ3v) is 7.99. The highest BCUT2D eigenvalue weighted by molar-refractivity contribution is 6.76. The molecule has 1 aromatic carbocycles. The number of fused-ring (bicyclic) bond motifs is 1. The van der Waals surface area contributed by atoms with Crippen molar-refractivity contribution >= 4 is 19.1 Å². The molecule has 0 saturated heterocycles. The molecule has 0 aliphatic rings. The SMILES string of the molecule is CC(C)c1ccc(-c2cc3c(cnn3COCC[Si](C)(C)C)nc2C(N)Cc2cc(F)cc(F)c2)cn1. The highest BCUT2D eigenvalue weighted by atomic mass is 28.3. The molecule has 6 nitrogen and oxygen atoms in total. The molecule has 9 heteroatoms. The van der Waals surface area contributed by atoms with Crippen LogP contribution in [0.25, 0.3) is 22.2 Å². The fourth-order valence-corrected chi connectivity index (χ4v) is 4.91. The maximum Gasteiger partial charge on any atom is 0.140 e. The van der Waals surface area contributed by atoms with Crippen molar-refractivity contribution < 1.29 is 13.5 Å². The van der Waals surface area contributed by atoms with Crippen LogP contribution >= 0.6 is 0 Å². The van der Waals surface area contributed by atoms with Gasteiger partial charge in [0.25, 0.3) is 0 Å². The Kier molecular flexibility index (Phi) is 8.16. The van der Waals surface area contributed by atoms with Crippen molar-refractivity contribution in [1.82, 2.24) is 19.7 Å². The van der Waals surface area contributed by atoms with Crippen LogP contribution < -0.4 is 5.73 Å². The molecule has 4 aromatic rings. The van der Waals surface area contributed by atoms with Gasteiger partial charge in [0.05, 0.1) is 23.4 Å². The number of ether oxygens (including phenoxy) is 1. The zero-order valence-electron chi connectivity index (χ0n) is 22.1. The standard InChI is InChI=1S/C28H35F2N5OSi/c1-18(2)25-7-6-20(15-32-25)23-14-27-26(16-33-35(27)17-36-8-9-37(3,4)5)34-28(23)24(31)12-19-10-21(29)13-22(30)11-19/h6-7,10-11,13-16,18,24H,8-9,12,17,31H2,1-5H3. The summed E-state index contributed by atoms with van der Waals surface area (Å²) in [5, 5.41) is 4.49. The molecule has 196 valence electrons. The highest BCUT2D eigenvalue weighted by Gasteiger charge is 2.20. The predicted molar refractivity (Wildman–Crippen MR) is 146 cm³/mol. The van der Waals surface area contributed by atoms with Gasteiger partial charge in [0.15, 0.2) is 0 Å². The van der Waals surface area contributed by atoms with Crippen molar-refractivity contribution in [1.29, 1.82) is 0 Å². The van der Waals surface area contributed by atoms with E-state index < -0.39 is 25.8 Å². The number of nitrogens with two attached hydrogens (primary N) is 1. The van der Waals surface area contributed by atoms with E-state index >= 15 is 0 Å². The second kappa shape index (κ2) is 11.2. The molecular weight excluding hydrogens is 488 g/mol. The average Bonchev–Trinajstić information content (AvgIpc) is 3.21. The van der Waals surface area contributed by atoms with Crippen LogP contribution in [0.3, 0.4) is 0 Å². The number of rotatable bonds is 10. The summed E-state index contributed by atoms with van der Waals surface area (Å²) >= 11 is 0. The summed E-state index contributed by atoms with van der Waals surface area (Å²) in [4.78, 5) is 9.49. The van der Waals surface area contributed by atoms with Gasteiger partial charge in [-0.2, -0.15) is 5.10 Å². The molecule has 0 amide bonds. The first kappa shape index (κ1) is 27.0.